The van der Waals surface area contributed by atoms with Crippen LogP contribution >= 0.6 is 0 Å². The average molecular weight is 473 g/mol. The Morgan fingerprint density at radius 2 is 1.65 bits per heavy atom. The van der Waals surface area contributed by atoms with Gasteiger partial charge >= 0.3 is 0 Å². The first kappa shape index (κ1) is 26.1. The van der Waals surface area contributed by atoms with E-state index < -0.39 is 11.7 Å². The molecule has 2 saturated carbocycles. The highest BCUT2D eigenvalue weighted by Crippen LogP contribution is 2.71. The Balaban J connectivity index is 1.72. The van der Waals surface area contributed by atoms with Gasteiger partial charge < -0.3 is 10.2 Å². The van der Waals surface area contributed by atoms with Gasteiger partial charge in [0.25, 0.3) is 0 Å². The van der Waals surface area contributed by atoms with E-state index in [0.29, 0.717) is 31.1 Å². The lowest BCUT2D eigenvalue weighted by Crippen LogP contribution is -2.59. The van der Waals surface area contributed by atoms with Gasteiger partial charge in [-0.1, -0.05) is 54.4 Å². The zero-order valence-corrected chi connectivity index (χ0v) is 22.9. The molecular weight excluding hydrogens is 424 g/mol. The minimum absolute atomic E-state index is 0.00451. The Kier molecular flexibility index (Phi) is 6.14. The van der Waals surface area contributed by atoms with E-state index in [1.54, 1.807) is 0 Å². The minimum atomic E-state index is -0.643. The number of allylic oxidation sites excluding steroid dienone is 2. The number of carbonyl (C=O) groups is 2. The Morgan fingerprint density at radius 1 is 1.00 bits per heavy atom. The molecule has 2 fully saturated rings. The minimum Gasteiger partial charge on any atom is -0.393 e. The third-order valence-electron chi connectivity index (χ3n) is 11.5. The van der Waals surface area contributed by atoms with Gasteiger partial charge in [0.15, 0.2) is 11.6 Å². The number of carbonyl (C=O) groups excluding carboxylic acids is 2. The van der Waals surface area contributed by atoms with Crippen LogP contribution in [0, 0.1) is 39.4 Å². The lowest BCUT2D eigenvalue weighted by Gasteiger charge is -2.60. The summed E-state index contributed by atoms with van der Waals surface area (Å²) in [5.41, 5.74) is -0.125. The van der Waals surface area contributed by atoms with Crippen molar-refractivity contribution in [1.29, 1.82) is 0 Å². The van der Waals surface area contributed by atoms with Crippen LogP contribution in [0.4, 0.5) is 0 Å². The van der Waals surface area contributed by atoms with E-state index in [9.17, 15) is 19.8 Å². The molecule has 0 aliphatic heterocycles. The topological polar surface area (TPSA) is 74.6 Å². The smallest absolute Gasteiger partial charge is 0.160 e. The quantitative estimate of drug-likeness (QED) is 0.512. The van der Waals surface area contributed by atoms with Crippen LogP contribution in [0.25, 0.3) is 0 Å². The Morgan fingerprint density at radius 3 is 2.26 bits per heavy atom. The van der Waals surface area contributed by atoms with Crippen molar-refractivity contribution in [2.24, 2.45) is 39.4 Å². The second kappa shape index (κ2) is 8.00. The van der Waals surface area contributed by atoms with Gasteiger partial charge in [-0.05, 0) is 74.5 Å². The van der Waals surface area contributed by atoms with Crippen LogP contribution in [0.1, 0.15) is 113 Å². The van der Waals surface area contributed by atoms with Crippen molar-refractivity contribution in [3.8, 4) is 0 Å². The molecular formula is C30H48O4. The predicted octanol–water partition coefficient (Wildman–Crippen LogP) is 6.03. The SMILES string of the molecule is C[C@H](CCCC(C)(C)O)C1CC[C@@]2(C)C3=C(C(=O)C[C@]12C)[C@@]1(C)CC[C@H](O)C(C)(C)C1CC3=O. The van der Waals surface area contributed by atoms with Crippen molar-refractivity contribution < 1.29 is 19.8 Å². The fourth-order valence-corrected chi connectivity index (χ4v) is 9.16. The fraction of sp³-hybridized carbons (Fsp3) is 0.867. The molecule has 0 saturated heterocycles. The number of hydrogen-bond donors (Lipinski definition) is 2. The molecule has 4 nitrogen and oxygen atoms in total. The molecule has 0 heterocycles. The van der Waals surface area contributed by atoms with E-state index in [-0.39, 0.29) is 39.1 Å². The van der Waals surface area contributed by atoms with E-state index >= 15 is 0 Å². The first-order valence-corrected chi connectivity index (χ1v) is 13.7. The maximum Gasteiger partial charge on any atom is 0.160 e. The summed E-state index contributed by atoms with van der Waals surface area (Å²) in [6.45, 7) is 17.0. The van der Waals surface area contributed by atoms with Crippen LogP contribution in [0.15, 0.2) is 11.1 Å². The van der Waals surface area contributed by atoms with Gasteiger partial charge in [0, 0.05) is 34.8 Å². The third-order valence-corrected chi connectivity index (χ3v) is 11.5. The van der Waals surface area contributed by atoms with E-state index in [0.717, 1.165) is 49.7 Å². The van der Waals surface area contributed by atoms with Crippen molar-refractivity contribution >= 4 is 11.6 Å². The van der Waals surface area contributed by atoms with Crippen LogP contribution in [-0.2, 0) is 9.59 Å². The summed E-state index contributed by atoms with van der Waals surface area (Å²) in [5.74, 6) is 1.22. The Labute approximate surface area is 207 Å². The summed E-state index contributed by atoms with van der Waals surface area (Å²) in [5, 5.41) is 20.9. The van der Waals surface area contributed by atoms with Crippen LogP contribution in [0.3, 0.4) is 0 Å². The van der Waals surface area contributed by atoms with Gasteiger partial charge in [-0.2, -0.15) is 0 Å². The number of rotatable bonds is 5. The molecule has 4 rings (SSSR count). The maximum absolute atomic E-state index is 14.0. The van der Waals surface area contributed by atoms with Crippen LogP contribution in [0.5, 0.6) is 0 Å². The van der Waals surface area contributed by atoms with Crippen molar-refractivity contribution in [3.05, 3.63) is 11.1 Å². The number of ketones is 2. The fourth-order valence-electron chi connectivity index (χ4n) is 9.16. The molecule has 0 aromatic rings. The third kappa shape index (κ3) is 3.60. The summed E-state index contributed by atoms with van der Waals surface area (Å²) in [6.07, 6.45) is 6.84. The van der Waals surface area contributed by atoms with Gasteiger partial charge in [-0.15, -0.1) is 0 Å². The van der Waals surface area contributed by atoms with E-state index in [2.05, 4.69) is 41.5 Å². The summed E-state index contributed by atoms with van der Waals surface area (Å²) in [4.78, 5) is 27.9. The lowest BCUT2D eigenvalue weighted by atomic mass is 9.43. The van der Waals surface area contributed by atoms with E-state index in [1.807, 2.05) is 13.8 Å². The molecule has 0 amide bonds. The van der Waals surface area contributed by atoms with Gasteiger partial charge in [0.05, 0.1) is 11.7 Å². The molecule has 4 aliphatic rings. The number of hydrogen-bond acceptors (Lipinski definition) is 4. The zero-order chi connectivity index (χ0) is 25.5. The molecule has 0 aromatic heterocycles. The first-order valence-electron chi connectivity index (χ1n) is 13.7. The van der Waals surface area contributed by atoms with Crippen LogP contribution in [-0.4, -0.2) is 33.5 Å². The van der Waals surface area contributed by atoms with Crippen LogP contribution in [0.2, 0.25) is 0 Å². The lowest BCUT2D eigenvalue weighted by molar-refractivity contribution is -0.141. The molecule has 4 heteroatoms. The molecule has 192 valence electrons. The van der Waals surface area contributed by atoms with E-state index in [4.69, 9.17) is 0 Å². The summed E-state index contributed by atoms with van der Waals surface area (Å²) >= 11 is 0. The molecule has 0 bridgehead atoms. The highest BCUT2D eigenvalue weighted by Gasteiger charge is 2.67. The van der Waals surface area contributed by atoms with Gasteiger partial charge in [-0.3, -0.25) is 9.59 Å². The molecule has 0 radical (unpaired) electrons. The summed E-state index contributed by atoms with van der Waals surface area (Å²) in [7, 11) is 0. The monoisotopic (exact) mass is 472 g/mol. The standard InChI is InChI=1S/C30H48O4/c1-18(10-9-13-26(2,3)34)19-11-15-29(7)25-20(31)16-22-27(4,5)23(33)12-14-28(22,6)24(25)21(32)17-30(19,29)8/h18-19,22-23,33-34H,9-17H2,1-8H3/t18-,19?,22?,23+,28+,29+,30-/m1/s1. The Hall–Kier alpha value is -1.00. The number of aliphatic hydroxyl groups is 2. The maximum atomic E-state index is 14.0. The number of fused-ring (bicyclic) bond motifs is 4. The van der Waals surface area contributed by atoms with E-state index in [1.165, 1.54) is 0 Å². The second-order valence-corrected chi connectivity index (χ2v) is 14.4. The largest absolute Gasteiger partial charge is 0.393 e. The van der Waals surface area contributed by atoms with Crippen molar-refractivity contribution in [2.45, 2.75) is 125 Å². The summed E-state index contributed by atoms with van der Waals surface area (Å²) < 4.78 is 0. The van der Waals surface area contributed by atoms with Crippen molar-refractivity contribution in [3.63, 3.8) is 0 Å². The van der Waals surface area contributed by atoms with Gasteiger partial charge in [0.1, 0.15) is 0 Å². The average Bonchev–Trinajstić information content (AvgIpc) is 2.97. The van der Waals surface area contributed by atoms with Gasteiger partial charge in [0.2, 0.25) is 0 Å². The van der Waals surface area contributed by atoms with Crippen molar-refractivity contribution in [1.82, 2.24) is 0 Å². The zero-order valence-electron chi connectivity index (χ0n) is 22.9. The molecule has 0 aromatic carbocycles. The van der Waals surface area contributed by atoms with Crippen molar-refractivity contribution in [2.75, 3.05) is 0 Å². The molecule has 0 spiro atoms. The summed E-state index contributed by atoms with van der Waals surface area (Å²) in [6, 6.07) is 0. The van der Waals surface area contributed by atoms with Gasteiger partial charge in [-0.25, -0.2) is 0 Å². The first-order chi connectivity index (χ1) is 15.5. The number of Topliss-reactive ketones (excluding diaryl/α,β-unsaturated/α-hetero) is 2. The highest BCUT2D eigenvalue weighted by molar-refractivity contribution is 6.11. The second-order valence-electron chi connectivity index (χ2n) is 14.4. The molecule has 2 N–H and O–H groups in total. The molecule has 34 heavy (non-hydrogen) atoms. The molecule has 7 atom stereocenters. The molecule has 4 aliphatic carbocycles. The highest BCUT2D eigenvalue weighted by atomic mass is 16.3. The molecule has 2 unspecified atom stereocenters. The normalized spacial score (nSPS) is 42.8. The van der Waals surface area contributed by atoms with Crippen LogP contribution < -0.4 is 0 Å². The number of aliphatic hydroxyl groups excluding tert-OH is 1. The predicted molar refractivity (Wildman–Crippen MR) is 135 cm³/mol. The Bertz CT molecular complexity index is 907.